The molecule has 0 aromatic heterocycles. The van der Waals surface area contributed by atoms with Crippen molar-refractivity contribution in [3.8, 4) is 0 Å². The van der Waals surface area contributed by atoms with Gasteiger partial charge >= 0.3 is 6.18 Å². The molecule has 0 N–H and O–H groups in total. The van der Waals surface area contributed by atoms with Gasteiger partial charge in [-0.3, -0.25) is 4.79 Å². The van der Waals surface area contributed by atoms with Gasteiger partial charge in [-0.2, -0.15) is 17.5 Å². The first-order chi connectivity index (χ1) is 11.1. The minimum Gasteiger partial charge on any atom is -0.300 e. The third kappa shape index (κ3) is 2.86. The maximum atomic E-state index is 13.0. The zero-order chi connectivity index (χ0) is 17.7. The van der Waals surface area contributed by atoms with E-state index >= 15 is 0 Å². The average Bonchev–Trinajstić information content (AvgIpc) is 3.03. The van der Waals surface area contributed by atoms with E-state index < -0.39 is 27.8 Å². The van der Waals surface area contributed by atoms with Crippen LogP contribution in [-0.4, -0.2) is 24.5 Å². The Kier molecular flexibility index (Phi) is 4.24. The van der Waals surface area contributed by atoms with E-state index in [1.807, 2.05) is 0 Å². The second-order valence-corrected chi connectivity index (χ2v) is 8.26. The molecule has 0 amide bonds. The first kappa shape index (κ1) is 17.4. The van der Waals surface area contributed by atoms with Crippen LogP contribution in [0.1, 0.15) is 56.2 Å². The fourth-order valence-electron chi connectivity index (χ4n) is 3.72. The molecule has 1 heterocycles. The van der Waals surface area contributed by atoms with Crippen LogP contribution in [0.5, 0.6) is 0 Å². The molecule has 0 unspecified atom stereocenters. The first-order valence-electron chi connectivity index (χ1n) is 7.86. The van der Waals surface area contributed by atoms with Gasteiger partial charge in [0.25, 0.3) is 0 Å². The molecule has 1 saturated carbocycles. The Morgan fingerprint density at radius 2 is 1.88 bits per heavy atom. The molecular formula is C16H18F3NO3S. The van der Waals surface area contributed by atoms with Crippen molar-refractivity contribution in [2.45, 2.75) is 62.2 Å². The summed E-state index contributed by atoms with van der Waals surface area (Å²) in [6.07, 6.45) is -1.55. The minimum absolute atomic E-state index is 0.0897. The number of Topliss-reactive ketones (excluding diaryl/α,β-unsaturated/α-hetero) is 1. The largest absolute Gasteiger partial charge is 0.416 e. The maximum Gasteiger partial charge on any atom is 0.416 e. The molecule has 3 rings (SSSR count). The predicted octanol–water partition coefficient (Wildman–Crippen LogP) is 3.67. The van der Waals surface area contributed by atoms with Crippen LogP contribution in [-0.2, 0) is 21.0 Å². The number of halogens is 3. The summed E-state index contributed by atoms with van der Waals surface area (Å²) in [6.45, 7) is 1.32. The lowest BCUT2D eigenvalue weighted by atomic mass is 9.98. The summed E-state index contributed by atoms with van der Waals surface area (Å²) >= 11 is 0. The van der Waals surface area contributed by atoms with Gasteiger partial charge in [-0.25, -0.2) is 8.42 Å². The van der Waals surface area contributed by atoms with Crippen molar-refractivity contribution < 1.29 is 26.4 Å². The quantitative estimate of drug-likeness (QED) is 0.825. The summed E-state index contributed by atoms with van der Waals surface area (Å²) in [5.74, 6) is -0.247. The molecule has 1 aliphatic heterocycles. The molecule has 24 heavy (non-hydrogen) atoms. The number of hydrogen-bond acceptors (Lipinski definition) is 3. The van der Waals surface area contributed by atoms with Crippen LogP contribution < -0.4 is 0 Å². The number of hydrogen-bond donors (Lipinski definition) is 0. The van der Waals surface area contributed by atoms with Crippen LogP contribution in [0, 0.1) is 0 Å². The van der Waals surface area contributed by atoms with Gasteiger partial charge in [0.05, 0.1) is 16.5 Å². The van der Waals surface area contributed by atoms with Crippen LogP contribution in [0.2, 0.25) is 0 Å². The predicted molar refractivity (Wildman–Crippen MR) is 80.8 cm³/mol. The van der Waals surface area contributed by atoms with Gasteiger partial charge in [0.2, 0.25) is 10.0 Å². The highest BCUT2D eigenvalue weighted by Gasteiger charge is 2.48. The second kappa shape index (κ2) is 5.84. The summed E-state index contributed by atoms with van der Waals surface area (Å²) < 4.78 is 66.0. The zero-order valence-corrected chi connectivity index (χ0v) is 14.0. The third-order valence-corrected chi connectivity index (χ3v) is 6.76. The Morgan fingerprint density at radius 1 is 1.25 bits per heavy atom. The summed E-state index contributed by atoms with van der Waals surface area (Å²) in [5.41, 5.74) is -0.801. The van der Waals surface area contributed by atoms with Gasteiger partial charge in [0, 0.05) is 12.5 Å². The molecule has 1 aromatic rings. The van der Waals surface area contributed by atoms with E-state index in [1.54, 1.807) is 0 Å². The Balaban J connectivity index is 2.14. The Labute approximate surface area is 138 Å². The third-order valence-electron chi connectivity index (χ3n) is 4.72. The zero-order valence-electron chi connectivity index (χ0n) is 13.1. The fraction of sp³-hybridized carbons (Fsp3) is 0.562. The number of benzene rings is 1. The number of carbonyl (C=O) groups is 1. The van der Waals surface area contributed by atoms with E-state index in [1.165, 1.54) is 11.2 Å². The number of fused-ring (bicyclic) bond motifs is 1. The van der Waals surface area contributed by atoms with E-state index in [4.69, 9.17) is 0 Å². The van der Waals surface area contributed by atoms with Crippen molar-refractivity contribution in [2.75, 3.05) is 0 Å². The molecule has 1 aliphatic carbocycles. The van der Waals surface area contributed by atoms with Crippen LogP contribution >= 0.6 is 0 Å². The molecule has 2 aliphatic rings. The maximum absolute atomic E-state index is 13.0. The lowest BCUT2D eigenvalue weighted by Crippen LogP contribution is -2.37. The molecule has 1 aromatic carbocycles. The van der Waals surface area contributed by atoms with Crippen molar-refractivity contribution in [3.05, 3.63) is 29.3 Å². The first-order valence-corrected chi connectivity index (χ1v) is 9.30. The lowest BCUT2D eigenvalue weighted by Gasteiger charge is -2.28. The average molecular weight is 361 g/mol. The Hall–Kier alpha value is -1.41. The molecule has 0 spiro atoms. The van der Waals surface area contributed by atoms with Crippen molar-refractivity contribution in [1.82, 2.24) is 4.31 Å². The van der Waals surface area contributed by atoms with Crippen LogP contribution in [0.25, 0.3) is 0 Å². The molecule has 4 nitrogen and oxygen atoms in total. The number of sulfonamides is 1. The molecule has 1 atom stereocenters. The topological polar surface area (TPSA) is 54.5 Å². The van der Waals surface area contributed by atoms with Gasteiger partial charge in [-0.1, -0.05) is 12.8 Å². The molecule has 0 radical (unpaired) electrons. The minimum atomic E-state index is -4.56. The Morgan fingerprint density at radius 3 is 2.42 bits per heavy atom. The SMILES string of the molecule is CC(=O)C[C@H]1c2cc(C(F)(F)F)ccc2S(=O)(=O)N1C1CCCC1. The van der Waals surface area contributed by atoms with Gasteiger partial charge in [0.1, 0.15) is 5.78 Å². The molecule has 1 fully saturated rings. The smallest absolute Gasteiger partial charge is 0.300 e. The second-order valence-electron chi connectivity index (χ2n) is 6.45. The highest BCUT2D eigenvalue weighted by molar-refractivity contribution is 7.89. The normalized spacial score (nSPS) is 24.2. The van der Waals surface area contributed by atoms with Gasteiger partial charge in [-0.15, -0.1) is 0 Å². The van der Waals surface area contributed by atoms with E-state index in [0.29, 0.717) is 12.8 Å². The number of rotatable bonds is 3. The molecule has 0 saturated heterocycles. The van der Waals surface area contributed by atoms with Crippen molar-refractivity contribution in [2.24, 2.45) is 0 Å². The summed E-state index contributed by atoms with van der Waals surface area (Å²) in [4.78, 5) is 11.5. The van der Waals surface area contributed by atoms with E-state index in [0.717, 1.165) is 31.0 Å². The van der Waals surface area contributed by atoms with Crippen LogP contribution in [0.4, 0.5) is 13.2 Å². The van der Waals surface area contributed by atoms with Crippen molar-refractivity contribution in [3.63, 3.8) is 0 Å². The fourth-order valence-corrected chi connectivity index (χ4v) is 5.81. The summed E-state index contributed by atoms with van der Waals surface area (Å²) in [6, 6.07) is 1.61. The summed E-state index contributed by atoms with van der Waals surface area (Å²) in [5, 5.41) is 0. The van der Waals surface area contributed by atoms with Crippen molar-refractivity contribution in [1.29, 1.82) is 0 Å². The monoisotopic (exact) mass is 361 g/mol. The highest BCUT2D eigenvalue weighted by Crippen LogP contribution is 2.47. The van der Waals surface area contributed by atoms with E-state index in [-0.39, 0.29) is 28.7 Å². The van der Waals surface area contributed by atoms with Crippen molar-refractivity contribution >= 4 is 15.8 Å². The number of carbonyl (C=O) groups excluding carboxylic acids is 1. The van der Waals surface area contributed by atoms with Crippen LogP contribution in [0.15, 0.2) is 23.1 Å². The number of nitrogens with zero attached hydrogens (tertiary/aromatic N) is 1. The molecule has 0 bridgehead atoms. The Bertz CT molecular complexity index is 767. The number of ketones is 1. The molecular weight excluding hydrogens is 343 g/mol. The number of alkyl halides is 3. The van der Waals surface area contributed by atoms with Gasteiger partial charge in [-0.05, 0) is 43.5 Å². The lowest BCUT2D eigenvalue weighted by molar-refractivity contribution is -0.137. The standard InChI is InChI=1S/C16H18F3NO3S/c1-10(21)8-14-13-9-11(16(17,18)19)6-7-15(13)24(22,23)20(14)12-4-2-3-5-12/h6-7,9,12,14H,2-5,8H2,1H3/t14-/m0/s1. The van der Waals surface area contributed by atoms with Gasteiger partial charge < -0.3 is 0 Å². The summed E-state index contributed by atoms with van der Waals surface area (Å²) in [7, 11) is -3.87. The highest BCUT2D eigenvalue weighted by atomic mass is 32.2. The van der Waals surface area contributed by atoms with Crippen LogP contribution in [0.3, 0.4) is 0 Å². The molecule has 8 heteroatoms. The van der Waals surface area contributed by atoms with E-state index in [2.05, 4.69) is 0 Å². The molecule has 132 valence electrons. The van der Waals surface area contributed by atoms with E-state index in [9.17, 15) is 26.4 Å². The van der Waals surface area contributed by atoms with Gasteiger partial charge in [0.15, 0.2) is 0 Å².